The molecule has 0 spiro atoms. The molecule has 98 valence electrons. The summed E-state index contributed by atoms with van der Waals surface area (Å²) in [4.78, 5) is 10.8. The number of aliphatic hydroxyl groups is 1. The van der Waals surface area contributed by atoms with E-state index in [4.69, 9.17) is 10.5 Å². The lowest BCUT2D eigenvalue weighted by molar-refractivity contribution is 0.0827. The van der Waals surface area contributed by atoms with Gasteiger partial charge >= 0.3 is 6.09 Å². The molecule has 1 fully saturated rings. The average molecular weight is 253 g/mol. The molecule has 1 aliphatic rings. The van der Waals surface area contributed by atoms with Gasteiger partial charge in [-0.25, -0.2) is 9.18 Å². The first-order valence-corrected chi connectivity index (χ1v) is 5.91. The maximum atomic E-state index is 13.8. The lowest BCUT2D eigenvalue weighted by atomic mass is 9.87. The standard InChI is InChI=1S/C13H16FNO3/c1-2-10(16)13(7-11(13)18-12(15)17)8-5-3-4-6-9(8)14/h3-6,10-11,16H,2,7H2,1H3,(H2,15,17)/t10?,11-,13-/m0/s1. The summed E-state index contributed by atoms with van der Waals surface area (Å²) in [5.74, 6) is -0.402. The fraction of sp³-hybridized carbons (Fsp3) is 0.462. The first-order valence-electron chi connectivity index (χ1n) is 5.91. The highest BCUT2D eigenvalue weighted by Gasteiger charge is 2.63. The van der Waals surface area contributed by atoms with Crippen molar-refractivity contribution >= 4 is 6.09 Å². The van der Waals surface area contributed by atoms with Crippen molar-refractivity contribution in [1.29, 1.82) is 0 Å². The van der Waals surface area contributed by atoms with Gasteiger partial charge in [0.2, 0.25) is 0 Å². The Balaban J connectivity index is 2.35. The maximum Gasteiger partial charge on any atom is 0.404 e. The minimum atomic E-state index is -0.901. The summed E-state index contributed by atoms with van der Waals surface area (Å²) in [6.45, 7) is 1.80. The molecule has 1 aliphatic carbocycles. The number of nitrogens with two attached hydrogens (primary N) is 1. The molecule has 2 rings (SSSR count). The zero-order valence-corrected chi connectivity index (χ0v) is 10.1. The molecule has 4 nitrogen and oxygen atoms in total. The SMILES string of the molecule is CCC(O)[C@@]1(c2ccccc2F)C[C@@H]1OC(N)=O. The summed E-state index contributed by atoms with van der Waals surface area (Å²) in [5.41, 5.74) is 4.50. The van der Waals surface area contributed by atoms with Gasteiger partial charge in [-0.15, -0.1) is 0 Å². The van der Waals surface area contributed by atoms with Gasteiger partial charge in [0.15, 0.2) is 0 Å². The number of primary amides is 1. The molecule has 0 aromatic heterocycles. The number of rotatable bonds is 4. The molecule has 0 heterocycles. The second kappa shape index (κ2) is 4.57. The van der Waals surface area contributed by atoms with E-state index in [0.717, 1.165) is 0 Å². The van der Waals surface area contributed by atoms with Crippen LogP contribution in [0.3, 0.4) is 0 Å². The highest BCUT2D eigenvalue weighted by Crippen LogP contribution is 2.54. The monoisotopic (exact) mass is 253 g/mol. The molecule has 1 aromatic rings. The minimum Gasteiger partial charge on any atom is -0.445 e. The van der Waals surface area contributed by atoms with Crippen molar-refractivity contribution in [2.24, 2.45) is 5.73 Å². The predicted octanol–water partition coefficient (Wildman–Crippen LogP) is 1.70. The second-order valence-electron chi connectivity index (χ2n) is 4.57. The largest absolute Gasteiger partial charge is 0.445 e. The second-order valence-corrected chi connectivity index (χ2v) is 4.57. The molecular formula is C13H16FNO3. The van der Waals surface area contributed by atoms with Crippen LogP contribution in [0, 0.1) is 5.82 Å². The average Bonchev–Trinajstić information content (AvgIpc) is 3.03. The third kappa shape index (κ3) is 1.95. The molecule has 1 unspecified atom stereocenters. The fourth-order valence-electron chi connectivity index (χ4n) is 2.55. The number of aliphatic hydroxyl groups excluding tert-OH is 1. The van der Waals surface area contributed by atoms with Crippen LogP contribution in [0.4, 0.5) is 9.18 Å². The van der Waals surface area contributed by atoms with E-state index in [0.29, 0.717) is 18.4 Å². The van der Waals surface area contributed by atoms with Gasteiger partial charge in [0, 0.05) is 12.0 Å². The number of carbonyl (C=O) groups is 1. The van der Waals surface area contributed by atoms with Gasteiger partial charge in [-0.1, -0.05) is 25.1 Å². The van der Waals surface area contributed by atoms with Gasteiger partial charge in [-0.2, -0.15) is 0 Å². The van der Waals surface area contributed by atoms with Crippen molar-refractivity contribution in [3.05, 3.63) is 35.6 Å². The van der Waals surface area contributed by atoms with Crippen LogP contribution in [-0.2, 0) is 10.2 Å². The summed E-state index contributed by atoms with van der Waals surface area (Å²) in [5, 5.41) is 10.1. The number of hydrogen-bond acceptors (Lipinski definition) is 3. The van der Waals surface area contributed by atoms with E-state index in [1.54, 1.807) is 25.1 Å². The van der Waals surface area contributed by atoms with Crippen LogP contribution in [0.15, 0.2) is 24.3 Å². The summed E-state index contributed by atoms with van der Waals surface area (Å²) < 4.78 is 18.8. The Labute approximate surface area is 105 Å². The van der Waals surface area contributed by atoms with Crippen LogP contribution in [0.2, 0.25) is 0 Å². The Bertz CT molecular complexity index is 465. The zero-order chi connectivity index (χ0) is 13.3. The number of halogens is 1. The van der Waals surface area contributed by atoms with Crippen LogP contribution in [-0.4, -0.2) is 23.4 Å². The Morgan fingerprint density at radius 2 is 2.33 bits per heavy atom. The van der Waals surface area contributed by atoms with E-state index < -0.39 is 29.5 Å². The van der Waals surface area contributed by atoms with E-state index >= 15 is 0 Å². The molecule has 1 amide bonds. The molecule has 5 heteroatoms. The van der Waals surface area contributed by atoms with Crippen molar-refractivity contribution in [1.82, 2.24) is 0 Å². The molecule has 18 heavy (non-hydrogen) atoms. The molecule has 3 atom stereocenters. The van der Waals surface area contributed by atoms with Gasteiger partial charge < -0.3 is 15.6 Å². The lowest BCUT2D eigenvalue weighted by Crippen LogP contribution is -2.32. The highest BCUT2D eigenvalue weighted by molar-refractivity contribution is 5.65. The van der Waals surface area contributed by atoms with Gasteiger partial charge in [0.05, 0.1) is 11.5 Å². The van der Waals surface area contributed by atoms with Crippen LogP contribution in [0.25, 0.3) is 0 Å². The van der Waals surface area contributed by atoms with Crippen LogP contribution in [0.5, 0.6) is 0 Å². The normalized spacial score (nSPS) is 27.6. The number of ether oxygens (including phenoxy) is 1. The van der Waals surface area contributed by atoms with E-state index in [-0.39, 0.29) is 0 Å². The molecule has 0 saturated heterocycles. The van der Waals surface area contributed by atoms with Gasteiger partial charge in [-0.05, 0) is 12.5 Å². The van der Waals surface area contributed by atoms with Crippen LogP contribution < -0.4 is 5.73 Å². The minimum absolute atomic E-state index is 0.380. The number of benzene rings is 1. The molecule has 1 aromatic carbocycles. The van der Waals surface area contributed by atoms with E-state index in [1.807, 2.05) is 0 Å². The van der Waals surface area contributed by atoms with Crippen LogP contribution in [0.1, 0.15) is 25.3 Å². The third-order valence-electron chi connectivity index (χ3n) is 3.55. The Kier molecular flexibility index (Phi) is 3.26. The smallest absolute Gasteiger partial charge is 0.404 e. The molecule has 0 bridgehead atoms. The van der Waals surface area contributed by atoms with Crippen molar-refractivity contribution in [3.63, 3.8) is 0 Å². The maximum absolute atomic E-state index is 13.8. The third-order valence-corrected chi connectivity index (χ3v) is 3.55. The molecule has 0 radical (unpaired) electrons. The number of hydrogen-bond donors (Lipinski definition) is 2. The lowest BCUT2D eigenvalue weighted by Gasteiger charge is -2.23. The molecule has 0 aliphatic heterocycles. The molecule has 3 N–H and O–H groups in total. The Morgan fingerprint density at radius 3 is 2.89 bits per heavy atom. The van der Waals surface area contributed by atoms with Gasteiger partial charge in [0.1, 0.15) is 11.9 Å². The van der Waals surface area contributed by atoms with Crippen LogP contribution >= 0.6 is 0 Å². The van der Waals surface area contributed by atoms with Crippen molar-refractivity contribution in [2.75, 3.05) is 0 Å². The fourth-order valence-corrected chi connectivity index (χ4v) is 2.55. The number of amides is 1. The van der Waals surface area contributed by atoms with E-state index in [2.05, 4.69) is 0 Å². The molecular weight excluding hydrogens is 237 g/mol. The Hall–Kier alpha value is -1.62. The van der Waals surface area contributed by atoms with Crippen molar-refractivity contribution < 1.29 is 19.0 Å². The van der Waals surface area contributed by atoms with Crippen molar-refractivity contribution in [2.45, 2.75) is 37.4 Å². The first-order chi connectivity index (χ1) is 8.52. The summed E-state index contributed by atoms with van der Waals surface area (Å²) >= 11 is 0. The van der Waals surface area contributed by atoms with Crippen molar-refractivity contribution in [3.8, 4) is 0 Å². The highest BCUT2D eigenvalue weighted by atomic mass is 19.1. The summed E-state index contributed by atoms with van der Waals surface area (Å²) in [6, 6.07) is 6.22. The predicted molar refractivity (Wildman–Crippen MR) is 63.4 cm³/mol. The zero-order valence-electron chi connectivity index (χ0n) is 10.1. The van der Waals surface area contributed by atoms with Gasteiger partial charge in [-0.3, -0.25) is 0 Å². The summed E-state index contributed by atoms with van der Waals surface area (Å²) in [7, 11) is 0. The van der Waals surface area contributed by atoms with E-state index in [9.17, 15) is 14.3 Å². The Morgan fingerprint density at radius 1 is 1.67 bits per heavy atom. The number of carbonyl (C=O) groups excluding carboxylic acids is 1. The van der Waals surface area contributed by atoms with E-state index in [1.165, 1.54) is 6.07 Å². The molecule has 1 saturated carbocycles. The topological polar surface area (TPSA) is 72.6 Å². The first kappa shape index (κ1) is 12.8. The summed E-state index contributed by atoms with van der Waals surface area (Å²) in [6.07, 6.45) is -1.37. The quantitative estimate of drug-likeness (QED) is 0.857. The van der Waals surface area contributed by atoms with Gasteiger partial charge in [0.25, 0.3) is 0 Å².